The summed E-state index contributed by atoms with van der Waals surface area (Å²) in [6.07, 6.45) is 1.94. The molecule has 7 heteroatoms. The van der Waals surface area contributed by atoms with Crippen LogP contribution in [0.25, 0.3) is 6.08 Å². The zero-order valence-corrected chi connectivity index (χ0v) is 14.4. The highest BCUT2D eigenvalue weighted by atomic mass is 35.5. The number of thiophene rings is 1. The van der Waals surface area contributed by atoms with Gasteiger partial charge < -0.3 is 4.90 Å². The van der Waals surface area contributed by atoms with Crippen LogP contribution < -0.4 is 19.8 Å². The predicted octanol–water partition coefficient (Wildman–Crippen LogP) is 2.51. The molecule has 116 valence electrons. The van der Waals surface area contributed by atoms with Gasteiger partial charge in [-0.05, 0) is 41.8 Å². The van der Waals surface area contributed by atoms with Gasteiger partial charge in [-0.1, -0.05) is 29.0 Å². The Balaban J connectivity index is 1.72. The highest BCUT2D eigenvalue weighted by Crippen LogP contribution is 2.19. The molecule has 3 heterocycles. The Morgan fingerprint density at radius 2 is 2.04 bits per heavy atom. The summed E-state index contributed by atoms with van der Waals surface area (Å²) >= 11 is 9.00. The van der Waals surface area contributed by atoms with Crippen molar-refractivity contribution in [2.75, 3.05) is 11.6 Å². The van der Waals surface area contributed by atoms with E-state index < -0.39 is 0 Å². The molecule has 4 rings (SSSR count). The molecular weight excluding hydrogens is 350 g/mol. The molecule has 0 saturated heterocycles. The van der Waals surface area contributed by atoms with Crippen molar-refractivity contribution in [3.8, 4) is 0 Å². The van der Waals surface area contributed by atoms with Crippen LogP contribution in [0.1, 0.15) is 4.88 Å². The molecule has 0 amide bonds. The first-order chi connectivity index (χ1) is 11.2. The van der Waals surface area contributed by atoms with Crippen LogP contribution in [0.15, 0.2) is 51.6 Å². The van der Waals surface area contributed by atoms with Crippen LogP contribution in [0, 0.1) is 0 Å². The number of anilines is 1. The highest BCUT2D eigenvalue weighted by Gasteiger charge is 2.15. The van der Waals surface area contributed by atoms with Crippen molar-refractivity contribution in [2.24, 2.45) is 4.99 Å². The Morgan fingerprint density at radius 1 is 1.22 bits per heavy atom. The Kier molecular flexibility index (Phi) is 3.80. The van der Waals surface area contributed by atoms with Gasteiger partial charge in [0.2, 0.25) is 0 Å². The molecule has 0 saturated carbocycles. The van der Waals surface area contributed by atoms with E-state index in [1.807, 2.05) is 52.8 Å². The number of nitrogens with zero attached hydrogens (tertiary/aromatic N) is 3. The Bertz CT molecular complexity index is 1000. The fourth-order valence-electron chi connectivity index (χ4n) is 2.43. The van der Waals surface area contributed by atoms with Gasteiger partial charge >= 0.3 is 0 Å². The van der Waals surface area contributed by atoms with Crippen molar-refractivity contribution >= 4 is 46.0 Å². The highest BCUT2D eigenvalue weighted by molar-refractivity contribution is 7.11. The number of halogens is 1. The normalized spacial score (nSPS) is 14.7. The third kappa shape index (κ3) is 2.85. The second-order valence-electron chi connectivity index (χ2n) is 5.10. The van der Waals surface area contributed by atoms with Crippen molar-refractivity contribution in [1.82, 2.24) is 4.57 Å². The average molecular weight is 362 g/mol. The molecule has 1 aliphatic heterocycles. The summed E-state index contributed by atoms with van der Waals surface area (Å²) in [6, 6.07) is 11.6. The summed E-state index contributed by atoms with van der Waals surface area (Å²) in [5.74, 6) is 0. The van der Waals surface area contributed by atoms with Crippen molar-refractivity contribution < 1.29 is 0 Å². The minimum Gasteiger partial charge on any atom is -0.334 e. The predicted molar refractivity (Wildman–Crippen MR) is 96.0 cm³/mol. The zero-order valence-electron chi connectivity index (χ0n) is 12.0. The average Bonchev–Trinajstić information content (AvgIpc) is 3.17. The number of aromatic nitrogens is 1. The van der Waals surface area contributed by atoms with Gasteiger partial charge in [-0.15, -0.1) is 11.3 Å². The van der Waals surface area contributed by atoms with Crippen molar-refractivity contribution in [1.29, 1.82) is 0 Å². The number of hydrogen-bond donors (Lipinski definition) is 0. The van der Waals surface area contributed by atoms with Crippen LogP contribution in [-0.2, 0) is 6.67 Å². The lowest BCUT2D eigenvalue weighted by Gasteiger charge is -2.25. The molecule has 2 aromatic heterocycles. The third-order valence-electron chi connectivity index (χ3n) is 3.59. The van der Waals surface area contributed by atoms with Crippen LogP contribution in [0.4, 0.5) is 5.69 Å². The molecule has 1 aromatic carbocycles. The van der Waals surface area contributed by atoms with E-state index in [-0.39, 0.29) is 5.56 Å². The molecule has 0 aliphatic carbocycles. The van der Waals surface area contributed by atoms with Gasteiger partial charge in [-0.2, -0.15) is 0 Å². The van der Waals surface area contributed by atoms with Gasteiger partial charge in [0.15, 0.2) is 4.80 Å². The summed E-state index contributed by atoms with van der Waals surface area (Å²) in [5, 5.41) is 2.70. The van der Waals surface area contributed by atoms with E-state index >= 15 is 0 Å². The van der Waals surface area contributed by atoms with E-state index in [1.165, 1.54) is 11.3 Å². The van der Waals surface area contributed by atoms with Crippen LogP contribution in [-0.4, -0.2) is 11.2 Å². The summed E-state index contributed by atoms with van der Waals surface area (Å²) in [5.41, 5.74) is 1.02. The molecule has 0 radical (unpaired) electrons. The van der Waals surface area contributed by atoms with Gasteiger partial charge in [-0.25, -0.2) is 4.99 Å². The molecule has 0 atom stereocenters. The molecule has 23 heavy (non-hydrogen) atoms. The first kappa shape index (κ1) is 14.7. The molecule has 0 unspecified atom stereocenters. The number of rotatable bonds is 2. The second-order valence-corrected chi connectivity index (χ2v) is 7.52. The monoisotopic (exact) mass is 361 g/mol. The zero-order chi connectivity index (χ0) is 15.8. The lowest BCUT2D eigenvalue weighted by atomic mass is 10.3. The minimum atomic E-state index is 0.0146. The van der Waals surface area contributed by atoms with Gasteiger partial charge in [0.1, 0.15) is 13.3 Å². The van der Waals surface area contributed by atoms with E-state index in [0.717, 1.165) is 19.9 Å². The molecule has 1 aliphatic rings. The fourth-order valence-corrected chi connectivity index (χ4v) is 4.24. The Labute approximate surface area is 145 Å². The van der Waals surface area contributed by atoms with E-state index in [4.69, 9.17) is 11.6 Å². The number of thiazole rings is 1. The summed E-state index contributed by atoms with van der Waals surface area (Å²) in [4.78, 5) is 21.1. The fraction of sp³-hybridized carbons (Fsp3) is 0.125. The first-order valence-corrected chi connectivity index (χ1v) is 9.08. The maximum atomic E-state index is 12.6. The molecular formula is C16H12ClN3OS2. The molecule has 3 aromatic rings. The Hall–Kier alpha value is -1.89. The molecule has 0 N–H and O–H groups in total. The first-order valence-electron chi connectivity index (χ1n) is 7.00. The van der Waals surface area contributed by atoms with Crippen molar-refractivity contribution in [3.05, 3.63) is 71.4 Å². The summed E-state index contributed by atoms with van der Waals surface area (Å²) < 4.78 is 2.45. The van der Waals surface area contributed by atoms with Crippen molar-refractivity contribution in [3.63, 3.8) is 0 Å². The van der Waals surface area contributed by atoms with E-state index in [9.17, 15) is 4.79 Å². The van der Waals surface area contributed by atoms with Gasteiger partial charge in [0, 0.05) is 15.6 Å². The SMILES string of the molecule is O=c1/c(=C/c2cccs2)sc2n1CN(c1ccc(Cl)cc1)CN=2. The number of fused-ring (bicyclic) bond motifs is 1. The van der Waals surface area contributed by atoms with Gasteiger partial charge in [-0.3, -0.25) is 9.36 Å². The summed E-state index contributed by atoms with van der Waals surface area (Å²) in [7, 11) is 0. The minimum absolute atomic E-state index is 0.0146. The van der Waals surface area contributed by atoms with Gasteiger partial charge in [0.05, 0.1) is 4.53 Å². The van der Waals surface area contributed by atoms with Crippen LogP contribution in [0.5, 0.6) is 0 Å². The largest absolute Gasteiger partial charge is 0.334 e. The maximum absolute atomic E-state index is 12.6. The quantitative estimate of drug-likeness (QED) is 0.703. The van der Waals surface area contributed by atoms with E-state index in [0.29, 0.717) is 18.4 Å². The smallest absolute Gasteiger partial charge is 0.271 e. The standard InChI is InChI=1S/C16H12ClN3OS2/c17-11-3-5-12(6-4-11)19-9-18-16-20(10-19)15(21)14(23-16)8-13-2-1-7-22-13/h1-8H,9-10H2/b14-8-. The molecule has 4 nitrogen and oxygen atoms in total. The van der Waals surface area contributed by atoms with Crippen molar-refractivity contribution in [2.45, 2.75) is 6.67 Å². The lowest BCUT2D eigenvalue weighted by Crippen LogP contribution is -2.42. The third-order valence-corrected chi connectivity index (χ3v) is 5.70. The maximum Gasteiger partial charge on any atom is 0.271 e. The second kappa shape index (κ2) is 5.96. The molecule has 0 bridgehead atoms. The van der Waals surface area contributed by atoms with Gasteiger partial charge in [0.25, 0.3) is 5.56 Å². The van der Waals surface area contributed by atoms with Crippen LogP contribution >= 0.6 is 34.3 Å². The van der Waals surface area contributed by atoms with E-state index in [1.54, 1.807) is 15.9 Å². The molecule has 0 spiro atoms. The molecule has 0 fully saturated rings. The number of benzene rings is 1. The summed E-state index contributed by atoms with van der Waals surface area (Å²) in [6.45, 7) is 1.05. The topological polar surface area (TPSA) is 37.6 Å². The van der Waals surface area contributed by atoms with E-state index in [2.05, 4.69) is 4.99 Å². The number of hydrogen-bond acceptors (Lipinski definition) is 5. The van der Waals surface area contributed by atoms with Crippen LogP contribution in [0.3, 0.4) is 0 Å². The lowest BCUT2D eigenvalue weighted by molar-refractivity contribution is 0.569. The Morgan fingerprint density at radius 3 is 2.78 bits per heavy atom. The van der Waals surface area contributed by atoms with Crippen LogP contribution in [0.2, 0.25) is 5.02 Å².